The van der Waals surface area contributed by atoms with Crippen LogP contribution in [-0.2, 0) is 0 Å². The van der Waals surface area contributed by atoms with E-state index in [1.165, 1.54) is 16.5 Å². The van der Waals surface area contributed by atoms with E-state index in [9.17, 15) is 0 Å². The Hall–Kier alpha value is -1.67. The van der Waals surface area contributed by atoms with E-state index in [1.54, 1.807) is 0 Å². The van der Waals surface area contributed by atoms with Crippen LogP contribution in [0, 0.1) is 0 Å². The van der Waals surface area contributed by atoms with E-state index in [2.05, 4.69) is 23.2 Å². The van der Waals surface area contributed by atoms with Crippen LogP contribution in [-0.4, -0.2) is 11.0 Å². The fourth-order valence-electron chi connectivity index (χ4n) is 2.23. The SMILES string of the molecule is NC1C=C(c2cnc3ccccc3c2)CC1. The molecule has 0 amide bonds. The van der Waals surface area contributed by atoms with Gasteiger partial charge in [0.25, 0.3) is 0 Å². The van der Waals surface area contributed by atoms with E-state index in [1.807, 2.05) is 24.4 Å². The molecule has 3 rings (SSSR count). The van der Waals surface area contributed by atoms with E-state index < -0.39 is 0 Å². The summed E-state index contributed by atoms with van der Waals surface area (Å²) in [6.07, 6.45) is 6.24. The molecule has 1 aliphatic carbocycles. The molecule has 80 valence electrons. The molecule has 1 aromatic carbocycles. The lowest BCUT2D eigenvalue weighted by atomic mass is 10.1. The Morgan fingerprint density at radius 2 is 2.12 bits per heavy atom. The van der Waals surface area contributed by atoms with Crippen molar-refractivity contribution in [3.63, 3.8) is 0 Å². The lowest BCUT2D eigenvalue weighted by Crippen LogP contribution is -2.11. The molecule has 2 N–H and O–H groups in total. The molecule has 0 radical (unpaired) electrons. The molecule has 1 aromatic heterocycles. The van der Waals surface area contributed by atoms with Gasteiger partial charge in [-0.1, -0.05) is 24.3 Å². The number of nitrogens with zero attached hydrogens (tertiary/aromatic N) is 1. The topological polar surface area (TPSA) is 38.9 Å². The minimum Gasteiger partial charge on any atom is -0.324 e. The fraction of sp³-hybridized carbons (Fsp3) is 0.214. The summed E-state index contributed by atoms with van der Waals surface area (Å²) in [6, 6.07) is 10.6. The van der Waals surface area contributed by atoms with Crippen molar-refractivity contribution < 1.29 is 0 Å². The molecule has 0 bridgehead atoms. The number of allylic oxidation sites excluding steroid dienone is 1. The van der Waals surface area contributed by atoms with E-state index in [-0.39, 0.29) is 6.04 Å². The molecule has 16 heavy (non-hydrogen) atoms. The highest BCUT2D eigenvalue weighted by atomic mass is 14.7. The summed E-state index contributed by atoms with van der Waals surface area (Å²) in [4.78, 5) is 4.47. The number of fused-ring (bicyclic) bond motifs is 1. The minimum absolute atomic E-state index is 0.224. The van der Waals surface area contributed by atoms with Crippen molar-refractivity contribution in [2.45, 2.75) is 18.9 Å². The molecule has 2 heteroatoms. The van der Waals surface area contributed by atoms with E-state index in [0.717, 1.165) is 18.4 Å². The Morgan fingerprint density at radius 3 is 2.94 bits per heavy atom. The number of pyridine rings is 1. The molecule has 0 saturated carbocycles. The molecule has 2 aromatic rings. The second-order valence-electron chi connectivity index (χ2n) is 4.31. The lowest BCUT2D eigenvalue weighted by Gasteiger charge is -2.03. The Labute approximate surface area is 94.8 Å². The fourth-order valence-corrected chi connectivity index (χ4v) is 2.23. The first-order valence-corrected chi connectivity index (χ1v) is 5.64. The van der Waals surface area contributed by atoms with Gasteiger partial charge in [-0.15, -0.1) is 0 Å². The molecule has 0 spiro atoms. The first kappa shape index (κ1) is 9.55. The van der Waals surface area contributed by atoms with Crippen LogP contribution in [0.4, 0.5) is 0 Å². The minimum atomic E-state index is 0.224. The first-order valence-electron chi connectivity index (χ1n) is 5.64. The second kappa shape index (κ2) is 3.72. The normalized spacial score (nSPS) is 20.1. The maximum absolute atomic E-state index is 5.88. The average molecular weight is 210 g/mol. The van der Waals surface area contributed by atoms with Gasteiger partial charge in [-0.05, 0) is 36.1 Å². The molecule has 2 nitrogen and oxygen atoms in total. The van der Waals surface area contributed by atoms with Crippen LogP contribution in [0.25, 0.3) is 16.5 Å². The van der Waals surface area contributed by atoms with Crippen molar-refractivity contribution in [2.24, 2.45) is 5.73 Å². The molecule has 0 saturated heterocycles. The van der Waals surface area contributed by atoms with Gasteiger partial charge in [0.15, 0.2) is 0 Å². The second-order valence-corrected chi connectivity index (χ2v) is 4.31. The zero-order valence-electron chi connectivity index (χ0n) is 9.06. The number of nitrogens with two attached hydrogens (primary N) is 1. The number of benzene rings is 1. The summed E-state index contributed by atoms with van der Waals surface area (Å²) >= 11 is 0. The number of rotatable bonds is 1. The standard InChI is InChI=1S/C14H14N2/c15-13-6-5-10(8-13)12-7-11-3-1-2-4-14(11)16-9-12/h1-4,7-9,13H,5-6,15H2. The van der Waals surface area contributed by atoms with Gasteiger partial charge in [-0.2, -0.15) is 0 Å². The largest absolute Gasteiger partial charge is 0.324 e. The van der Waals surface area contributed by atoms with Gasteiger partial charge < -0.3 is 5.73 Å². The van der Waals surface area contributed by atoms with Gasteiger partial charge in [-0.3, -0.25) is 4.98 Å². The predicted octanol–water partition coefficient (Wildman–Crippen LogP) is 2.74. The van der Waals surface area contributed by atoms with E-state index >= 15 is 0 Å². The Morgan fingerprint density at radius 1 is 1.25 bits per heavy atom. The quantitative estimate of drug-likeness (QED) is 0.786. The molecular weight excluding hydrogens is 196 g/mol. The summed E-state index contributed by atoms with van der Waals surface area (Å²) in [5.41, 5.74) is 9.48. The van der Waals surface area contributed by atoms with Crippen LogP contribution in [0.3, 0.4) is 0 Å². The highest BCUT2D eigenvalue weighted by Gasteiger charge is 2.13. The van der Waals surface area contributed by atoms with Gasteiger partial charge in [-0.25, -0.2) is 0 Å². The predicted molar refractivity (Wildman–Crippen MR) is 66.9 cm³/mol. The van der Waals surface area contributed by atoms with Crippen molar-refractivity contribution in [3.05, 3.63) is 48.2 Å². The van der Waals surface area contributed by atoms with Crippen molar-refractivity contribution >= 4 is 16.5 Å². The Bertz CT molecular complexity index is 557. The van der Waals surface area contributed by atoms with Crippen LogP contribution in [0.5, 0.6) is 0 Å². The molecule has 0 aliphatic heterocycles. The number of aromatic nitrogens is 1. The van der Waals surface area contributed by atoms with Crippen LogP contribution in [0.1, 0.15) is 18.4 Å². The Kier molecular flexibility index (Phi) is 2.22. The van der Waals surface area contributed by atoms with Crippen molar-refractivity contribution in [3.8, 4) is 0 Å². The molecule has 1 unspecified atom stereocenters. The first-order chi connectivity index (χ1) is 7.83. The zero-order chi connectivity index (χ0) is 11.0. The van der Waals surface area contributed by atoms with Crippen molar-refractivity contribution in [1.82, 2.24) is 4.98 Å². The van der Waals surface area contributed by atoms with E-state index in [4.69, 9.17) is 5.73 Å². The number of hydrogen-bond acceptors (Lipinski definition) is 2. The molecular formula is C14H14N2. The maximum atomic E-state index is 5.88. The average Bonchev–Trinajstić information content (AvgIpc) is 2.75. The summed E-state index contributed by atoms with van der Waals surface area (Å²) in [5.74, 6) is 0. The van der Waals surface area contributed by atoms with Gasteiger partial charge in [0.2, 0.25) is 0 Å². The lowest BCUT2D eigenvalue weighted by molar-refractivity contribution is 0.782. The van der Waals surface area contributed by atoms with Crippen molar-refractivity contribution in [2.75, 3.05) is 0 Å². The van der Waals surface area contributed by atoms with Gasteiger partial charge in [0.1, 0.15) is 0 Å². The van der Waals surface area contributed by atoms with Crippen molar-refractivity contribution in [1.29, 1.82) is 0 Å². The zero-order valence-corrected chi connectivity index (χ0v) is 9.06. The van der Waals surface area contributed by atoms with E-state index in [0.29, 0.717) is 0 Å². The summed E-state index contributed by atoms with van der Waals surface area (Å²) < 4.78 is 0. The van der Waals surface area contributed by atoms with Crippen LogP contribution >= 0.6 is 0 Å². The highest BCUT2D eigenvalue weighted by molar-refractivity contribution is 5.82. The summed E-state index contributed by atoms with van der Waals surface area (Å²) in [5, 5.41) is 1.20. The maximum Gasteiger partial charge on any atom is 0.0702 e. The highest BCUT2D eigenvalue weighted by Crippen LogP contribution is 2.28. The third-order valence-electron chi connectivity index (χ3n) is 3.12. The van der Waals surface area contributed by atoms with Crippen LogP contribution in [0.2, 0.25) is 0 Å². The monoisotopic (exact) mass is 210 g/mol. The summed E-state index contributed by atoms with van der Waals surface area (Å²) in [7, 11) is 0. The molecule has 1 aliphatic rings. The molecule has 1 heterocycles. The van der Waals surface area contributed by atoms with Gasteiger partial charge in [0, 0.05) is 17.6 Å². The van der Waals surface area contributed by atoms with Crippen LogP contribution < -0.4 is 5.73 Å². The molecule has 1 atom stereocenters. The number of para-hydroxylation sites is 1. The van der Waals surface area contributed by atoms with Gasteiger partial charge in [0.05, 0.1) is 5.52 Å². The third kappa shape index (κ3) is 1.61. The smallest absolute Gasteiger partial charge is 0.0702 e. The van der Waals surface area contributed by atoms with Gasteiger partial charge >= 0.3 is 0 Å². The molecule has 0 fully saturated rings. The summed E-state index contributed by atoms with van der Waals surface area (Å²) in [6.45, 7) is 0. The number of hydrogen-bond donors (Lipinski definition) is 1. The Balaban J connectivity index is 2.09. The third-order valence-corrected chi connectivity index (χ3v) is 3.12. The van der Waals surface area contributed by atoms with Crippen LogP contribution in [0.15, 0.2) is 42.6 Å².